The Bertz CT molecular complexity index is 1220. The lowest BCUT2D eigenvalue weighted by Crippen LogP contribution is -2.46. The molecule has 0 spiro atoms. The third-order valence-electron chi connectivity index (χ3n) is 6.25. The fraction of sp³-hybridized carbons (Fsp3) is 0.321. The van der Waals surface area contributed by atoms with Crippen LogP contribution >= 0.6 is 11.3 Å². The van der Waals surface area contributed by atoms with E-state index in [1.165, 1.54) is 0 Å². The maximum atomic E-state index is 13.6. The molecule has 1 fully saturated rings. The summed E-state index contributed by atoms with van der Waals surface area (Å²) in [5, 5.41) is 7.90. The molecule has 1 aliphatic heterocycles. The fourth-order valence-electron chi connectivity index (χ4n) is 4.48. The van der Waals surface area contributed by atoms with E-state index in [2.05, 4.69) is 10.6 Å². The van der Waals surface area contributed by atoms with E-state index in [1.54, 1.807) is 22.3 Å². The van der Waals surface area contributed by atoms with Crippen LogP contribution in [-0.4, -0.2) is 23.8 Å². The van der Waals surface area contributed by atoms with E-state index in [4.69, 9.17) is 0 Å². The normalized spacial score (nSPS) is 18.0. The van der Waals surface area contributed by atoms with Gasteiger partial charge in [-0.1, -0.05) is 29.8 Å². The zero-order chi connectivity index (χ0) is 25.1. The molecule has 6 nitrogen and oxygen atoms in total. The van der Waals surface area contributed by atoms with Gasteiger partial charge in [0.25, 0.3) is 5.91 Å². The van der Waals surface area contributed by atoms with Crippen LogP contribution in [0.3, 0.4) is 0 Å². The van der Waals surface area contributed by atoms with Crippen molar-refractivity contribution in [2.45, 2.75) is 52.6 Å². The van der Waals surface area contributed by atoms with Crippen molar-refractivity contribution in [3.8, 4) is 0 Å². The Hall–Kier alpha value is -3.45. The SMILES string of the molecule is Cc1ccc(N2C(=O)CCC(C(=O)Nc3ccc(C)c(C(=O)NC(C)C)c3)C2c2cccs2)cc1. The topological polar surface area (TPSA) is 78.5 Å². The van der Waals surface area contributed by atoms with Crippen molar-refractivity contribution in [1.29, 1.82) is 0 Å². The fourth-order valence-corrected chi connectivity index (χ4v) is 5.36. The Morgan fingerprint density at radius 2 is 1.80 bits per heavy atom. The summed E-state index contributed by atoms with van der Waals surface area (Å²) in [4.78, 5) is 42.1. The summed E-state index contributed by atoms with van der Waals surface area (Å²) < 4.78 is 0. The van der Waals surface area contributed by atoms with E-state index >= 15 is 0 Å². The predicted molar refractivity (Wildman–Crippen MR) is 141 cm³/mol. The van der Waals surface area contributed by atoms with Crippen LogP contribution in [0.25, 0.3) is 0 Å². The van der Waals surface area contributed by atoms with Crippen LogP contribution in [0.2, 0.25) is 0 Å². The molecule has 182 valence electrons. The highest BCUT2D eigenvalue weighted by atomic mass is 32.1. The molecule has 0 saturated carbocycles. The van der Waals surface area contributed by atoms with Gasteiger partial charge in [0, 0.05) is 34.3 Å². The van der Waals surface area contributed by atoms with Gasteiger partial charge in [-0.15, -0.1) is 11.3 Å². The van der Waals surface area contributed by atoms with Gasteiger partial charge in [-0.3, -0.25) is 14.4 Å². The molecule has 0 aliphatic carbocycles. The molecule has 3 amide bonds. The molecule has 0 bridgehead atoms. The second kappa shape index (κ2) is 10.4. The molecule has 2 unspecified atom stereocenters. The average molecular weight is 490 g/mol. The molecular formula is C28H31N3O3S. The average Bonchev–Trinajstić information content (AvgIpc) is 3.35. The van der Waals surface area contributed by atoms with Gasteiger partial charge >= 0.3 is 0 Å². The summed E-state index contributed by atoms with van der Waals surface area (Å²) in [6.45, 7) is 7.70. The second-order valence-corrected chi connectivity index (χ2v) is 10.3. The monoisotopic (exact) mass is 489 g/mol. The molecule has 2 aromatic carbocycles. The zero-order valence-electron chi connectivity index (χ0n) is 20.5. The molecule has 35 heavy (non-hydrogen) atoms. The van der Waals surface area contributed by atoms with Crippen molar-refractivity contribution >= 4 is 40.4 Å². The highest BCUT2D eigenvalue weighted by molar-refractivity contribution is 7.10. The molecule has 2 heterocycles. The molecule has 2 atom stereocenters. The number of piperidine rings is 1. The van der Waals surface area contributed by atoms with Gasteiger partial charge < -0.3 is 15.5 Å². The van der Waals surface area contributed by atoms with E-state index in [0.717, 1.165) is 21.7 Å². The van der Waals surface area contributed by atoms with Crippen LogP contribution in [0.5, 0.6) is 0 Å². The summed E-state index contributed by atoms with van der Waals surface area (Å²) in [6, 6.07) is 16.7. The number of rotatable bonds is 6. The molecule has 2 N–H and O–H groups in total. The number of hydrogen-bond donors (Lipinski definition) is 2. The molecule has 3 aromatic rings. The van der Waals surface area contributed by atoms with E-state index < -0.39 is 12.0 Å². The first kappa shape index (κ1) is 24.7. The Morgan fingerprint density at radius 1 is 1.06 bits per heavy atom. The smallest absolute Gasteiger partial charge is 0.251 e. The van der Waals surface area contributed by atoms with Crippen molar-refractivity contribution in [3.63, 3.8) is 0 Å². The number of nitrogens with one attached hydrogen (secondary N) is 2. The summed E-state index contributed by atoms with van der Waals surface area (Å²) >= 11 is 1.55. The van der Waals surface area contributed by atoms with Crippen molar-refractivity contribution in [2.24, 2.45) is 5.92 Å². The molecular weight excluding hydrogens is 458 g/mol. The lowest BCUT2D eigenvalue weighted by Gasteiger charge is -2.40. The minimum Gasteiger partial charge on any atom is -0.350 e. The minimum atomic E-state index is -0.429. The summed E-state index contributed by atoms with van der Waals surface area (Å²) in [7, 11) is 0. The Kier molecular flexibility index (Phi) is 7.36. The van der Waals surface area contributed by atoms with Gasteiger partial charge in [-0.25, -0.2) is 0 Å². The maximum Gasteiger partial charge on any atom is 0.251 e. The molecule has 4 rings (SSSR count). The second-order valence-electron chi connectivity index (χ2n) is 9.35. The van der Waals surface area contributed by atoms with Crippen LogP contribution in [0.15, 0.2) is 60.0 Å². The number of benzene rings is 2. The molecule has 1 aliphatic rings. The first-order valence-corrected chi connectivity index (χ1v) is 12.8. The van der Waals surface area contributed by atoms with Crippen molar-refractivity contribution in [1.82, 2.24) is 5.32 Å². The maximum absolute atomic E-state index is 13.6. The number of anilines is 2. The predicted octanol–water partition coefficient (Wildman–Crippen LogP) is 5.63. The third-order valence-corrected chi connectivity index (χ3v) is 7.19. The van der Waals surface area contributed by atoms with Crippen LogP contribution in [0, 0.1) is 19.8 Å². The van der Waals surface area contributed by atoms with Gasteiger partial charge in [0.1, 0.15) is 0 Å². The number of aryl methyl sites for hydroxylation is 2. The van der Waals surface area contributed by atoms with Crippen molar-refractivity contribution in [3.05, 3.63) is 81.5 Å². The highest BCUT2D eigenvalue weighted by Crippen LogP contribution is 2.42. The summed E-state index contributed by atoms with van der Waals surface area (Å²) in [5.41, 5.74) is 3.84. The number of nitrogens with zero attached hydrogens (tertiary/aromatic N) is 1. The minimum absolute atomic E-state index is 0.0132. The zero-order valence-corrected chi connectivity index (χ0v) is 21.3. The lowest BCUT2D eigenvalue weighted by atomic mass is 9.86. The van der Waals surface area contributed by atoms with Gasteiger partial charge in [-0.2, -0.15) is 0 Å². The quantitative estimate of drug-likeness (QED) is 0.471. The largest absolute Gasteiger partial charge is 0.350 e. The van der Waals surface area contributed by atoms with Crippen LogP contribution in [0.4, 0.5) is 11.4 Å². The van der Waals surface area contributed by atoms with Crippen molar-refractivity contribution < 1.29 is 14.4 Å². The van der Waals surface area contributed by atoms with E-state index in [-0.39, 0.29) is 23.8 Å². The standard InChI is InChI=1S/C28H31N3O3S/c1-17(2)29-28(34)23-16-20(10-9-19(23)4)30-27(33)22-13-14-25(32)31(21-11-7-18(3)8-12-21)26(22)24-6-5-15-35-24/h5-12,15-17,22,26H,13-14H2,1-4H3,(H,29,34)(H,30,33). The van der Waals surface area contributed by atoms with Gasteiger partial charge in [0.05, 0.1) is 12.0 Å². The van der Waals surface area contributed by atoms with Crippen LogP contribution in [0.1, 0.15) is 59.1 Å². The van der Waals surface area contributed by atoms with Crippen molar-refractivity contribution in [2.75, 3.05) is 10.2 Å². The molecule has 7 heteroatoms. The number of amides is 3. The van der Waals surface area contributed by atoms with Crippen LogP contribution in [-0.2, 0) is 9.59 Å². The number of carbonyl (C=O) groups is 3. The highest BCUT2D eigenvalue weighted by Gasteiger charge is 2.42. The van der Waals surface area contributed by atoms with Gasteiger partial charge in [0.15, 0.2) is 0 Å². The Labute approximate surface area is 210 Å². The number of hydrogen-bond acceptors (Lipinski definition) is 4. The first-order chi connectivity index (χ1) is 16.7. The summed E-state index contributed by atoms with van der Waals surface area (Å²) in [6.07, 6.45) is 0.756. The number of thiophene rings is 1. The summed E-state index contributed by atoms with van der Waals surface area (Å²) in [5.74, 6) is -0.743. The Morgan fingerprint density at radius 3 is 2.46 bits per heavy atom. The van der Waals surface area contributed by atoms with Gasteiger partial charge in [0.2, 0.25) is 11.8 Å². The third kappa shape index (κ3) is 5.46. The van der Waals surface area contributed by atoms with E-state index in [1.807, 2.05) is 81.6 Å². The van der Waals surface area contributed by atoms with Crippen LogP contribution < -0.4 is 15.5 Å². The van der Waals surface area contributed by atoms with Gasteiger partial charge in [-0.05, 0) is 75.4 Å². The Balaban J connectivity index is 1.64. The first-order valence-electron chi connectivity index (χ1n) is 11.9. The van der Waals surface area contributed by atoms with E-state index in [9.17, 15) is 14.4 Å². The van der Waals surface area contributed by atoms with E-state index in [0.29, 0.717) is 24.1 Å². The lowest BCUT2D eigenvalue weighted by molar-refractivity contribution is -0.125. The molecule has 1 saturated heterocycles. The number of carbonyl (C=O) groups excluding carboxylic acids is 3. The molecule has 0 radical (unpaired) electrons. The molecule has 1 aromatic heterocycles.